The van der Waals surface area contributed by atoms with Crippen molar-refractivity contribution in [3.63, 3.8) is 0 Å². The SMILES string of the molecule is N#CCCSc1ccccc1NC(=O)/C=C/c1ccccc1OC(F)F. The summed E-state index contributed by atoms with van der Waals surface area (Å²) >= 11 is 1.47. The zero-order valence-corrected chi connectivity index (χ0v) is 14.5. The Kier molecular flexibility index (Phi) is 7.65. The largest absolute Gasteiger partial charge is 0.434 e. The molecule has 2 aromatic rings. The number of hydrogen-bond acceptors (Lipinski definition) is 4. The van der Waals surface area contributed by atoms with E-state index in [1.165, 1.54) is 30.0 Å². The number of nitrogens with zero attached hydrogens (tertiary/aromatic N) is 1. The first-order valence-electron chi connectivity index (χ1n) is 7.72. The zero-order valence-electron chi connectivity index (χ0n) is 13.7. The van der Waals surface area contributed by atoms with E-state index in [4.69, 9.17) is 5.26 Å². The molecule has 0 heterocycles. The molecule has 26 heavy (non-hydrogen) atoms. The van der Waals surface area contributed by atoms with Gasteiger partial charge in [0.1, 0.15) is 5.75 Å². The quantitative estimate of drug-likeness (QED) is 0.404. The van der Waals surface area contributed by atoms with E-state index in [1.54, 1.807) is 30.3 Å². The smallest absolute Gasteiger partial charge is 0.387 e. The summed E-state index contributed by atoms with van der Waals surface area (Å²) in [7, 11) is 0. The number of nitrogens with one attached hydrogen (secondary N) is 1. The first kappa shape index (κ1) is 19.5. The van der Waals surface area contributed by atoms with Gasteiger partial charge in [0, 0.05) is 28.7 Å². The second-order valence-corrected chi connectivity index (χ2v) is 6.13. The first-order valence-corrected chi connectivity index (χ1v) is 8.70. The van der Waals surface area contributed by atoms with E-state index in [9.17, 15) is 13.6 Å². The van der Waals surface area contributed by atoms with Gasteiger partial charge in [-0.05, 0) is 24.3 Å². The van der Waals surface area contributed by atoms with Gasteiger partial charge in [0.15, 0.2) is 0 Å². The van der Waals surface area contributed by atoms with Crippen molar-refractivity contribution < 1.29 is 18.3 Å². The molecule has 1 amide bonds. The lowest BCUT2D eigenvalue weighted by atomic mass is 10.2. The monoisotopic (exact) mass is 374 g/mol. The lowest BCUT2D eigenvalue weighted by Gasteiger charge is -2.09. The Morgan fingerprint density at radius 2 is 1.96 bits per heavy atom. The van der Waals surface area contributed by atoms with Crippen molar-refractivity contribution in [1.29, 1.82) is 5.26 Å². The predicted molar refractivity (Wildman–Crippen MR) is 98.1 cm³/mol. The number of amides is 1. The Morgan fingerprint density at radius 3 is 2.73 bits per heavy atom. The van der Waals surface area contributed by atoms with Crippen LogP contribution in [-0.4, -0.2) is 18.3 Å². The molecule has 0 atom stereocenters. The van der Waals surface area contributed by atoms with Crippen LogP contribution in [0.3, 0.4) is 0 Å². The molecule has 0 saturated heterocycles. The van der Waals surface area contributed by atoms with Gasteiger partial charge in [-0.3, -0.25) is 4.79 Å². The maximum Gasteiger partial charge on any atom is 0.387 e. The second kappa shape index (κ2) is 10.2. The zero-order chi connectivity index (χ0) is 18.8. The summed E-state index contributed by atoms with van der Waals surface area (Å²) in [5.74, 6) is 0.224. The highest BCUT2D eigenvalue weighted by Crippen LogP contribution is 2.27. The van der Waals surface area contributed by atoms with Gasteiger partial charge in [-0.25, -0.2) is 0 Å². The molecule has 2 rings (SSSR count). The molecule has 0 radical (unpaired) electrons. The van der Waals surface area contributed by atoms with Crippen LogP contribution in [0.4, 0.5) is 14.5 Å². The number of benzene rings is 2. The van der Waals surface area contributed by atoms with E-state index in [-0.39, 0.29) is 5.75 Å². The van der Waals surface area contributed by atoms with Crippen LogP contribution in [0.2, 0.25) is 0 Å². The predicted octanol–water partition coefficient (Wildman–Crippen LogP) is 4.95. The van der Waals surface area contributed by atoms with Crippen LogP contribution in [-0.2, 0) is 4.79 Å². The van der Waals surface area contributed by atoms with Crippen LogP contribution in [0.5, 0.6) is 5.75 Å². The molecule has 0 aromatic heterocycles. The van der Waals surface area contributed by atoms with E-state index in [0.29, 0.717) is 23.4 Å². The van der Waals surface area contributed by atoms with Gasteiger partial charge >= 0.3 is 6.61 Å². The highest BCUT2D eigenvalue weighted by molar-refractivity contribution is 7.99. The molecule has 4 nitrogen and oxygen atoms in total. The Labute approximate surface area is 154 Å². The molecular weight excluding hydrogens is 358 g/mol. The van der Waals surface area contributed by atoms with Crippen LogP contribution in [0, 0.1) is 11.3 Å². The number of para-hydroxylation sites is 2. The fourth-order valence-corrected chi connectivity index (χ4v) is 2.93. The van der Waals surface area contributed by atoms with Gasteiger partial charge in [-0.2, -0.15) is 14.0 Å². The highest BCUT2D eigenvalue weighted by atomic mass is 32.2. The Morgan fingerprint density at radius 1 is 1.23 bits per heavy atom. The number of rotatable bonds is 8. The number of carbonyl (C=O) groups is 1. The third-order valence-electron chi connectivity index (χ3n) is 3.17. The fraction of sp³-hybridized carbons (Fsp3) is 0.158. The lowest BCUT2D eigenvalue weighted by molar-refractivity contribution is -0.111. The summed E-state index contributed by atoms with van der Waals surface area (Å²) in [6, 6.07) is 15.5. The number of anilines is 1. The van der Waals surface area contributed by atoms with Gasteiger partial charge in [0.05, 0.1) is 11.8 Å². The molecule has 0 spiro atoms. The van der Waals surface area contributed by atoms with Gasteiger partial charge in [0.25, 0.3) is 0 Å². The average molecular weight is 374 g/mol. The molecule has 0 bridgehead atoms. The number of alkyl halides is 2. The van der Waals surface area contributed by atoms with Gasteiger partial charge in [0.2, 0.25) is 5.91 Å². The molecule has 2 aromatic carbocycles. The molecule has 0 saturated carbocycles. The Hall–Kier alpha value is -2.85. The topological polar surface area (TPSA) is 62.1 Å². The Bertz CT molecular complexity index is 819. The first-order chi connectivity index (χ1) is 12.6. The second-order valence-electron chi connectivity index (χ2n) is 4.99. The van der Waals surface area contributed by atoms with E-state index in [2.05, 4.69) is 16.1 Å². The van der Waals surface area contributed by atoms with E-state index >= 15 is 0 Å². The van der Waals surface area contributed by atoms with E-state index < -0.39 is 12.5 Å². The Balaban J connectivity index is 2.06. The maximum atomic E-state index is 12.4. The standard InChI is InChI=1S/C19H16F2N2O2S/c20-19(21)25-16-8-3-1-6-14(16)10-11-18(24)23-15-7-2-4-9-17(15)26-13-5-12-22/h1-4,6-11,19H,5,13H2,(H,23,24)/b11-10+. The van der Waals surface area contributed by atoms with Gasteiger partial charge in [-0.1, -0.05) is 30.3 Å². The normalized spacial score (nSPS) is 10.7. The van der Waals surface area contributed by atoms with Crippen molar-refractivity contribution in [2.45, 2.75) is 17.9 Å². The molecule has 134 valence electrons. The average Bonchev–Trinajstić information content (AvgIpc) is 2.62. The third-order valence-corrected chi connectivity index (χ3v) is 4.24. The molecule has 0 unspecified atom stereocenters. The summed E-state index contributed by atoms with van der Waals surface area (Å²) < 4.78 is 29.2. The van der Waals surface area contributed by atoms with Crippen molar-refractivity contribution in [2.75, 3.05) is 11.1 Å². The van der Waals surface area contributed by atoms with Gasteiger partial charge in [-0.15, -0.1) is 11.8 Å². The highest BCUT2D eigenvalue weighted by Gasteiger charge is 2.08. The number of hydrogen-bond donors (Lipinski definition) is 1. The number of thioether (sulfide) groups is 1. The maximum absolute atomic E-state index is 12.4. The number of ether oxygens (including phenoxy) is 1. The summed E-state index contributed by atoms with van der Waals surface area (Å²) in [4.78, 5) is 13.0. The summed E-state index contributed by atoms with van der Waals surface area (Å²) in [5, 5.41) is 11.4. The molecule has 7 heteroatoms. The van der Waals surface area contributed by atoms with Crippen LogP contribution in [0.15, 0.2) is 59.5 Å². The van der Waals surface area contributed by atoms with Gasteiger partial charge < -0.3 is 10.1 Å². The molecule has 1 N–H and O–H groups in total. The summed E-state index contributed by atoms with van der Waals surface area (Å²) in [6.45, 7) is -2.93. The minimum absolute atomic E-state index is 0.000917. The van der Waals surface area contributed by atoms with Crippen molar-refractivity contribution in [3.05, 3.63) is 60.2 Å². The minimum Gasteiger partial charge on any atom is -0.434 e. The number of nitriles is 1. The molecule has 0 aliphatic heterocycles. The van der Waals surface area contributed by atoms with Crippen molar-refractivity contribution in [1.82, 2.24) is 0 Å². The number of halogens is 2. The fourth-order valence-electron chi connectivity index (χ4n) is 2.06. The molecule has 0 aliphatic rings. The number of carbonyl (C=O) groups excluding carboxylic acids is 1. The molecular formula is C19H16F2N2O2S. The molecule has 0 aliphatic carbocycles. The summed E-state index contributed by atoms with van der Waals surface area (Å²) in [5.41, 5.74) is 1.00. The van der Waals surface area contributed by atoms with Crippen molar-refractivity contribution >= 4 is 29.4 Å². The molecule has 0 fully saturated rings. The minimum atomic E-state index is -2.93. The van der Waals surface area contributed by atoms with Crippen LogP contribution < -0.4 is 10.1 Å². The van der Waals surface area contributed by atoms with E-state index in [0.717, 1.165) is 4.90 Å². The van der Waals surface area contributed by atoms with Crippen LogP contribution >= 0.6 is 11.8 Å². The third kappa shape index (κ3) is 6.22. The van der Waals surface area contributed by atoms with E-state index in [1.807, 2.05) is 12.1 Å². The van der Waals surface area contributed by atoms with Crippen molar-refractivity contribution in [3.8, 4) is 11.8 Å². The van der Waals surface area contributed by atoms with Crippen molar-refractivity contribution in [2.24, 2.45) is 0 Å². The van der Waals surface area contributed by atoms with Crippen LogP contribution in [0.25, 0.3) is 6.08 Å². The lowest BCUT2D eigenvalue weighted by Crippen LogP contribution is -2.08. The summed E-state index contributed by atoms with van der Waals surface area (Å²) in [6.07, 6.45) is 3.08. The van der Waals surface area contributed by atoms with Crippen LogP contribution in [0.1, 0.15) is 12.0 Å².